The average molecular weight is 158 g/mol. The lowest BCUT2D eigenvalue weighted by Gasteiger charge is -2.05. The van der Waals surface area contributed by atoms with Crippen LogP contribution in [0.15, 0.2) is 12.3 Å². The van der Waals surface area contributed by atoms with Crippen LogP contribution in [0.25, 0.3) is 0 Å². The molecular weight excluding hydrogens is 140 g/mol. The lowest BCUT2D eigenvalue weighted by Crippen LogP contribution is -2.03. The second kappa shape index (κ2) is 7.61. The van der Waals surface area contributed by atoms with Crippen molar-refractivity contribution in [3.8, 4) is 0 Å². The second-order valence-electron chi connectivity index (χ2n) is 2.52. The summed E-state index contributed by atoms with van der Waals surface area (Å²) in [7, 11) is 0. The fraction of sp³-hybridized carbons (Fsp3) is 0.778. The molecule has 0 rings (SSSR count). The summed E-state index contributed by atoms with van der Waals surface area (Å²) in [5.74, 6) is 0.754. The highest BCUT2D eigenvalue weighted by atomic mass is 16.5. The minimum Gasteiger partial charge on any atom is -0.496 e. The third kappa shape index (κ3) is 9.50. The van der Waals surface area contributed by atoms with E-state index < -0.39 is 0 Å². The third-order valence-electron chi connectivity index (χ3n) is 1.22. The Bertz CT molecular complexity index is 99.7. The Hall–Kier alpha value is -0.500. The number of ether oxygens (including phenoxy) is 2. The molecule has 0 aromatic heterocycles. The zero-order chi connectivity index (χ0) is 8.53. The van der Waals surface area contributed by atoms with Gasteiger partial charge in [-0.15, -0.1) is 0 Å². The van der Waals surface area contributed by atoms with Gasteiger partial charge in [0.1, 0.15) is 6.61 Å². The third-order valence-corrected chi connectivity index (χ3v) is 1.22. The Kier molecular flexibility index (Phi) is 7.26. The van der Waals surface area contributed by atoms with Crippen molar-refractivity contribution in [2.75, 3.05) is 19.8 Å². The van der Waals surface area contributed by atoms with Gasteiger partial charge in [-0.1, -0.05) is 19.9 Å². The van der Waals surface area contributed by atoms with Gasteiger partial charge in [0.15, 0.2) is 0 Å². The van der Waals surface area contributed by atoms with Crippen molar-refractivity contribution in [1.82, 2.24) is 0 Å². The summed E-state index contributed by atoms with van der Waals surface area (Å²) >= 11 is 0. The maximum Gasteiger partial charge on any atom is 0.111 e. The number of hydrogen-bond donors (Lipinski definition) is 0. The van der Waals surface area contributed by atoms with E-state index in [2.05, 4.69) is 13.5 Å². The lowest BCUT2D eigenvalue weighted by atomic mass is 10.4. The highest BCUT2D eigenvalue weighted by molar-refractivity contribution is 4.72. The van der Waals surface area contributed by atoms with Crippen molar-refractivity contribution in [1.29, 1.82) is 0 Å². The van der Waals surface area contributed by atoms with Gasteiger partial charge in [-0.05, 0) is 13.3 Å². The average Bonchev–Trinajstić information content (AvgIpc) is 1.96. The minimum absolute atomic E-state index is 0.624. The lowest BCUT2D eigenvalue weighted by molar-refractivity contribution is 0.0750. The molecule has 0 amide bonds. The Labute approximate surface area is 69.2 Å². The summed E-state index contributed by atoms with van der Waals surface area (Å²) in [6.45, 7) is 9.74. The van der Waals surface area contributed by atoms with Gasteiger partial charge in [0.05, 0.1) is 12.4 Å². The molecule has 66 valence electrons. The fourth-order valence-electron chi connectivity index (χ4n) is 0.623. The molecule has 0 heterocycles. The molecule has 0 saturated heterocycles. The van der Waals surface area contributed by atoms with Crippen molar-refractivity contribution in [3.63, 3.8) is 0 Å². The van der Waals surface area contributed by atoms with Crippen LogP contribution in [0.4, 0.5) is 0 Å². The Morgan fingerprint density at radius 3 is 2.55 bits per heavy atom. The molecular formula is C9H18O2. The summed E-state index contributed by atoms with van der Waals surface area (Å²) in [5, 5.41) is 0. The first-order chi connectivity index (χ1) is 5.27. The molecule has 0 atom stereocenters. The quantitative estimate of drug-likeness (QED) is 0.418. The van der Waals surface area contributed by atoms with Crippen LogP contribution in [-0.4, -0.2) is 19.8 Å². The van der Waals surface area contributed by atoms with Crippen molar-refractivity contribution in [2.45, 2.75) is 26.7 Å². The molecule has 0 N–H and O–H groups in total. The maximum absolute atomic E-state index is 5.26. The highest BCUT2D eigenvalue weighted by Crippen LogP contribution is 1.91. The predicted octanol–water partition coefficient (Wildman–Crippen LogP) is 2.35. The van der Waals surface area contributed by atoms with Crippen LogP contribution < -0.4 is 0 Å². The molecule has 0 fully saturated rings. The molecule has 0 saturated carbocycles. The molecule has 0 radical (unpaired) electrons. The van der Waals surface area contributed by atoms with Crippen molar-refractivity contribution in [2.24, 2.45) is 0 Å². The fourth-order valence-corrected chi connectivity index (χ4v) is 0.623. The first-order valence-electron chi connectivity index (χ1n) is 4.13. The first-order valence-corrected chi connectivity index (χ1v) is 4.13. The van der Waals surface area contributed by atoms with E-state index in [0.717, 1.165) is 18.8 Å². The van der Waals surface area contributed by atoms with E-state index in [9.17, 15) is 0 Å². The minimum atomic E-state index is 0.624. The smallest absolute Gasteiger partial charge is 0.111 e. The molecule has 2 heteroatoms. The number of allylic oxidation sites excluding steroid dienone is 1. The summed E-state index contributed by atoms with van der Waals surface area (Å²) in [4.78, 5) is 0. The van der Waals surface area contributed by atoms with E-state index in [4.69, 9.17) is 9.47 Å². The van der Waals surface area contributed by atoms with Gasteiger partial charge in [-0.2, -0.15) is 0 Å². The molecule has 0 bridgehead atoms. The van der Waals surface area contributed by atoms with E-state index in [-0.39, 0.29) is 0 Å². The molecule has 0 aliphatic rings. The summed E-state index contributed by atoms with van der Waals surface area (Å²) in [6.07, 6.45) is 2.31. The molecule has 0 aliphatic heterocycles. The molecule has 0 aliphatic carbocycles. The van der Waals surface area contributed by atoms with Crippen molar-refractivity contribution < 1.29 is 9.47 Å². The van der Waals surface area contributed by atoms with Gasteiger partial charge in [0.2, 0.25) is 0 Å². The van der Waals surface area contributed by atoms with Crippen LogP contribution in [0.2, 0.25) is 0 Å². The van der Waals surface area contributed by atoms with Crippen LogP contribution in [0.1, 0.15) is 26.7 Å². The van der Waals surface area contributed by atoms with E-state index in [1.54, 1.807) is 0 Å². The Morgan fingerprint density at radius 1 is 1.27 bits per heavy atom. The topological polar surface area (TPSA) is 18.5 Å². The molecule has 0 spiro atoms. The number of unbranched alkanes of at least 4 members (excludes halogenated alkanes) is 1. The molecule has 0 unspecified atom stereocenters. The van der Waals surface area contributed by atoms with Crippen LogP contribution in [-0.2, 0) is 9.47 Å². The molecule has 2 nitrogen and oxygen atoms in total. The first kappa shape index (κ1) is 10.5. The summed E-state index contributed by atoms with van der Waals surface area (Å²) in [5.41, 5.74) is 0. The van der Waals surface area contributed by atoms with Gasteiger partial charge in [-0.3, -0.25) is 0 Å². The molecule has 0 aromatic rings. The van der Waals surface area contributed by atoms with E-state index >= 15 is 0 Å². The van der Waals surface area contributed by atoms with Crippen LogP contribution in [0.5, 0.6) is 0 Å². The van der Waals surface area contributed by atoms with Crippen molar-refractivity contribution >= 4 is 0 Å². The van der Waals surface area contributed by atoms with Gasteiger partial charge in [-0.25, -0.2) is 0 Å². The second-order valence-corrected chi connectivity index (χ2v) is 2.52. The van der Waals surface area contributed by atoms with E-state index in [1.165, 1.54) is 6.42 Å². The molecule has 0 aromatic carbocycles. The Morgan fingerprint density at radius 2 is 2.00 bits per heavy atom. The van der Waals surface area contributed by atoms with Crippen LogP contribution in [0.3, 0.4) is 0 Å². The van der Waals surface area contributed by atoms with Crippen molar-refractivity contribution in [3.05, 3.63) is 12.3 Å². The highest BCUT2D eigenvalue weighted by Gasteiger charge is 1.88. The standard InChI is InChI=1S/C9H18O2/c1-4-5-6-10-7-8-11-9(2)3/h2,4-8H2,1,3H3. The van der Waals surface area contributed by atoms with Crippen LogP contribution >= 0.6 is 0 Å². The normalized spacial score (nSPS) is 9.64. The largest absolute Gasteiger partial charge is 0.496 e. The van der Waals surface area contributed by atoms with E-state index in [0.29, 0.717) is 13.2 Å². The van der Waals surface area contributed by atoms with Gasteiger partial charge >= 0.3 is 0 Å². The zero-order valence-electron chi connectivity index (χ0n) is 7.56. The van der Waals surface area contributed by atoms with Gasteiger partial charge in [0, 0.05) is 6.61 Å². The van der Waals surface area contributed by atoms with Gasteiger partial charge in [0.25, 0.3) is 0 Å². The van der Waals surface area contributed by atoms with Gasteiger partial charge < -0.3 is 9.47 Å². The predicted molar refractivity (Wildman–Crippen MR) is 46.5 cm³/mol. The monoisotopic (exact) mass is 158 g/mol. The SMILES string of the molecule is C=C(C)OCCOCCCC. The number of rotatable bonds is 7. The van der Waals surface area contributed by atoms with E-state index in [1.807, 2.05) is 6.92 Å². The summed E-state index contributed by atoms with van der Waals surface area (Å²) in [6, 6.07) is 0. The zero-order valence-corrected chi connectivity index (χ0v) is 7.56. The molecule has 11 heavy (non-hydrogen) atoms. The maximum atomic E-state index is 5.26. The Balaban J connectivity index is 2.85. The number of hydrogen-bond acceptors (Lipinski definition) is 2. The summed E-state index contributed by atoms with van der Waals surface area (Å²) < 4.78 is 10.4. The van der Waals surface area contributed by atoms with Crippen LogP contribution in [0, 0.1) is 0 Å².